The molecule has 1 rings (SSSR count). The fraction of sp³-hybridized carbons (Fsp3) is 1.00. The summed E-state index contributed by atoms with van der Waals surface area (Å²) in [4.78, 5) is 0. The molecule has 1 aliphatic rings. The summed E-state index contributed by atoms with van der Waals surface area (Å²) in [5.74, 6) is 1.62. The molecule has 3 unspecified atom stereocenters. The normalized spacial score (nSPS) is 39.5. The van der Waals surface area contributed by atoms with Gasteiger partial charge < -0.3 is 0 Å². The highest BCUT2D eigenvalue weighted by atomic mass is 19.1. The maximum absolute atomic E-state index is 13.2. The molecule has 0 bridgehead atoms. The van der Waals surface area contributed by atoms with Crippen LogP contribution in [0.2, 0.25) is 0 Å². The zero-order valence-electron chi connectivity index (χ0n) is 7.81. The minimum atomic E-state index is -0.531. The van der Waals surface area contributed by atoms with Gasteiger partial charge in [-0.2, -0.15) is 0 Å². The first-order chi connectivity index (χ1) is 5.11. The number of hydrogen-bond acceptors (Lipinski definition) is 0. The van der Waals surface area contributed by atoms with Crippen LogP contribution in [0.4, 0.5) is 4.39 Å². The lowest BCUT2D eigenvalue weighted by atomic mass is 9.76. The van der Waals surface area contributed by atoms with Gasteiger partial charge in [0.2, 0.25) is 0 Å². The van der Waals surface area contributed by atoms with Crippen molar-refractivity contribution in [3.8, 4) is 0 Å². The smallest absolute Gasteiger partial charge is 0.103 e. The van der Waals surface area contributed by atoms with Crippen LogP contribution < -0.4 is 0 Å². The molecule has 0 amide bonds. The second-order valence-electron chi connectivity index (χ2n) is 4.31. The summed E-state index contributed by atoms with van der Waals surface area (Å²) in [6.07, 6.45) is 2.60. The zero-order chi connectivity index (χ0) is 8.43. The molecule has 11 heavy (non-hydrogen) atoms. The second-order valence-corrected chi connectivity index (χ2v) is 4.31. The molecule has 1 fully saturated rings. The van der Waals surface area contributed by atoms with Crippen molar-refractivity contribution < 1.29 is 4.39 Å². The highest BCUT2D eigenvalue weighted by Crippen LogP contribution is 2.34. The van der Waals surface area contributed by atoms with Gasteiger partial charge in [0.1, 0.15) is 6.17 Å². The van der Waals surface area contributed by atoms with Crippen LogP contribution in [-0.2, 0) is 0 Å². The molecule has 0 aromatic rings. The van der Waals surface area contributed by atoms with Gasteiger partial charge in [-0.25, -0.2) is 4.39 Å². The second kappa shape index (κ2) is 3.55. The topological polar surface area (TPSA) is 0 Å². The minimum Gasteiger partial charge on any atom is -0.247 e. The van der Waals surface area contributed by atoms with E-state index in [1.807, 2.05) is 6.92 Å². The van der Waals surface area contributed by atoms with Crippen molar-refractivity contribution in [2.24, 2.45) is 17.8 Å². The predicted octanol–water partition coefficient (Wildman–Crippen LogP) is 3.42. The fourth-order valence-corrected chi connectivity index (χ4v) is 1.90. The van der Waals surface area contributed by atoms with Crippen molar-refractivity contribution in [2.75, 3.05) is 0 Å². The molecular weight excluding hydrogens is 139 g/mol. The van der Waals surface area contributed by atoms with E-state index < -0.39 is 6.17 Å². The van der Waals surface area contributed by atoms with Crippen LogP contribution in [0.15, 0.2) is 0 Å². The molecule has 3 atom stereocenters. The zero-order valence-corrected chi connectivity index (χ0v) is 7.81. The molecule has 0 aliphatic heterocycles. The third-order valence-electron chi connectivity index (χ3n) is 3.08. The average Bonchev–Trinajstić information content (AvgIpc) is 1.94. The minimum absolute atomic E-state index is 0.310. The Morgan fingerprint density at radius 2 is 1.91 bits per heavy atom. The molecule has 0 radical (unpaired) electrons. The first-order valence-corrected chi connectivity index (χ1v) is 4.75. The van der Waals surface area contributed by atoms with Crippen molar-refractivity contribution >= 4 is 0 Å². The van der Waals surface area contributed by atoms with Crippen LogP contribution in [0.3, 0.4) is 0 Å². The maximum Gasteiger partial charge on any atom is 0.103 e. The van der Waals surface area contributed by atoms with E-state index in [4.69, 9.17) is 0 Å². The van der Waals surface area contributed by atoms with E-state index in [1.54, 1.807) is 0 Å². The van der Waals surface area contributed by atoms with Gasteiger partial charge >= 0.3 is 0 Å². The molecule has 1 heteroatoms. The molecule has 0 aromatic heterocycles. The molecule has 1 aliphatic carbocycles. The monoisotopic (exact) mass is 158 g/mol. The number of hydrogen-bond donors (Lipinski definition) is 0. The maximum atomic E-state index is 13.2. The quantitative estimate of drug-likeness (QED) is 0.548. The van der Waals surface area contributed by atoms with Crippen LogP contribution in [0.25, 0.3) is 0 Å². The fourth-order valence-electron chi connectivity index (χ4n) is 1.90. The molecular formula is C10H19F. The highest BCUT2D eigenvalue weighted by molar-refractivity contribution is 4.78. The Morgan fingerprint density at radius 1 is 1.27 bits per heavy atom. The lowest BCUT2D eigenvalue weighted by molar-refractivity contribution is 0.115. The van der Waals surface area contributed by atoms with E-state index in [-0.39, 0.29) is 0 Å². The summed E-state index contributed by atoms with van der Waals surface area (Å²) in [5.41, 5.74) is 0. The molecule has 0 saturated heterocycles. The summed E-state index contributed by atoms with van der Waals surface area (Å²) in [7, 11) is 0. The molecule has 66 valence electrons. The SMILES string of the molecule is CC(C)C1CCC(C)C(F)C1. The Kier molecular flexibility index (Phi) is 2.91. The highest BCUT2D eigenvalue weighted by Gasteiger charge is 2.28. The Hall–Kier alpha value is -0.0700. The third kappa shape index (κ3) is 2.18. The van der Waals surface area contributed by atoms with Gasteiger partial charge in [0.25, 0.3) is 0 Å². The van der Waals surface area contributed by atoms with Crippen LogP contribution in [0, 0.1) is 17.8 Å². The Bertz CT molecular complexity index is 120. The van der Waals surface area contributed by atoms with E-state index in [2.05, 4.69) is 13.8 Å². The number of alkyl halides is 1. The van der Waals surface area contributed by atoms with Crippen molar-refractivity contribution in [1.82, 2.24) is 0 Å². The van der Waals surface area contributed by atoms with Gasteiger partial charge in [0, 0.05) is 0 Å². The van der Waals surface area contributed by atoms with Crippen LogP contribution >= 0.6 is 0 Å². The van der Waals surface area contributed by atoms with Crippen molar-refractivity contribution in [3.05, 3.63) is 0 Å². The van der Waals surface area contributed by atoms with Gasteiger partial charge in [0.15, 0.2) is 0 Å². The van der Waals surface area contributed by atoms with Gasteiger partial charge in [-0.15, -0.1) is 0 Å². The van der Waals surface area contributed by atoms with E-state index in [1.165, 1.54) is 6.42 Å². The van der Waals surface area contributed by atoms with Crippen LogP contribution in [0.5, 0.6) is 0 Å². The molecule has 0 spiro atoms. The Morgan fingerprint density at radius 3 is 2.36 bits per heavy atom. The Balaban J connectivity index is 2.40. The molecule has 0 N–H and O–H groups in total. The number of rotatable bonds is 1. The predicted molar refractivity (Wildman–Crippen MR) is 46.2 cm³/mol. The third-order valence-corrected chi connectivity index (χ3v) is 3.08. The van der Waals surface area contributed by atoms with E-state index >= 15 is 0 Å². The summed E-state index contributed by atoms with van der Waals surface area (Å²) in [6, 6.07) is 0. The van der Waals surface area contributed by atoms with Crippen LogP contribution in [-0.4, -0.2) is 6.17 Å². The van der Waals surface area contributed by atoms with Gasteiger partial charge in [-0.1, -0.05) is 20.8 Å². The van der Waals surface area contributed by atoms with E-state index in [0.29, 0.717) is 17.8 Å². The molecule has 0 heterocycles. The molecule has 0 nitrogen and oxygen atoms in total. The summed E-state index contributed by atoms with van der Waals surface area (Å²) in [5, 5.41) is 0. The lowest BCUT2D eigenvalue weighted by Gasteiger charge is -2.31. The van der Waals surface area contributed by atoms with E-state index in [9.17, 15) is 4.39 Å². The number of halogens is 1. The summed E-state index contributed by atoms with van der Waals surface area (Å²) < 4.78 is 13.2. The van der Waals surface area contributed by atoms with Crippen molar-refractivity contribution in [2.45, 2.75) is 46.2 Å². The summed E-state index contributed by atoms with van der Waals surface area (Å²) >= 11 is 0. The van der Waals surface area contributed by atoms with Gasteiger partial charge in [-0.05, 0) is 37.0 Å². The van der Waals surface area contributed by atoms with Crippen molar-refractivity contribution in [3.63, 3.8) is 0 Å². The molecule has 0 aromatic carbocycles. The van der Waals surface area contributed by atoms with E-state index in [0.717, 1.165) is 12.8 Å². The largest absolute Gasteiger partial charge is 0.247 e. The first kappa shape index (κ1) is 9.02. The first-order valence-electron chi connectivity index (χ1n) is 4.75. The van der Waals surface area contributed by atoms with Crippen molar-refractivity contribution in [1.29, 1.82) is 0 Å². The van der Waals surface area contributed by atoms with Crippen LogP contribution in [0.1, 0.15) is 40.0 Å². The van der Waals surface area contributed by atoms with Gasteiger partial charge in [0.05, 0.1) is 0 Å². The lowest BCUT2D eigenvalue weighted by Crippen LogP contribution is -2.26. The Labute approximate surface area is 69.2 Å². The van der Waals surface area contributed by atoms with Gasteiger partial charge in [-0.3, -0.25) is 0 Å². The average molecular weight is 158 g/mol. The summed E-state index contributed by atoms with van der Waals surface area (Å²) in [6.45, 7) is 6.43. The molecule has 1 saturated carbocycles. The standard InChI is InChI=1S/C10H19F/c1-7(2)9-5-4-8(3)10(11)6-9/h7-10H,4-6H2,1-3H3.